The van der Waals surface area contributed by atoms with E-state index >= 15 is 0 Å². The van der Waals surface area contributed by atoms with Crippen LogP contribution in [0.25, 0.3) is 0 Å². The molecule has 4 rings (SSSR count). The zero-order valence-electron chi connectivity index (χ0n) is 13.6. The van der Waals surface area contributed by atoms with E-state index in [1.54, 1.807) is 12.4 Å². The first-order valence-electron chi connectivity index (χ1n) is 8.62. The summed E-state index contributed by atoms with van der Waals surface area (Å²) in [5, 5.41) is 12.3. The Labute approximate surface area is 150 Å². The number of nitrogens with zero attached hydrogens (tertiary/aromatic N) is 5. The number of piperidine rings is 1. The molecule has 0 radical (unpaired) electrons. The number of anilines is 2. The van der Waals surface area contributed by atoms with E-state index in [4.69, 9.17) is 0 Å². The smallest absolute Gasteiger partial charge is 0.222 e. The Kier molecular flexibility index (Phi) is 4.60. The van der Waals surface area contributed by atoms with Crippen LogP contribution in [-0.2, 0) is 12.8 Å². The Hall–Kier alpha value is -1.76. The number of aryl methyl sites for hydroxylation is 2. The predicted octanol–water partition coefficient (Wildman–Crippen LogP) is 2.99. The van der Waals surface area contributed by atoms with Gasteiger partial charge in [0.15, 0.2) is 5.82 Å². The van der Waals surface area contributed by atoms with Gasteiger partial charge in [-0.05, 0) is 66.1 Å². The molecule has 6 nitrogen and oxygen atoms in total. The highest BCUT2D eigenvalue weighted by Gasteiger charge is 2.22. The molecule has 7 heteroatoms. The van der Waals surface area contributed by atoms with Crippen molar-refractivity contribution in [3.8, 4) is 0 Å². The lowest BCUT2D eigenvalue weighted by atomic mass is 9.96. The quantitative estimate of drug-likeness (QED) is 0.871. The standard InChI is InChI=1S/C17H21BrN6/c18-13-10-19-17(20-11-13)21-14-5-7-24(8-6-14)16-9-12-3-1-2-4-15(12)22-23-16/h9-11,14H,1-8H2,(H,19,20,21). The van der Waals surface area contributed by atoms with Gasteiger partial charge in [0.2, 0.25) is 5.95 Å². The van der Waals surface area contributed by atoms with Crippen LogP contribution in [0.4, 0.5) is 11.8 Å². The molecule has 0 bridgehead atoms. The highest BCUT2D eigenvalue weighted by molar-refractivity contribution is 9.10. The lowest BCUT2D eigenvalue weighted by Crippen LogP contribution is -2.40. The average molecular weight is 389 g/mol. The van der Waals surface area contributed by atoms with E-state index in [2.05, 4.69) is 52.4 Å². The van der Waals surface area contributed by atoms with Crippen LogP contribution in [0.5, 0.6) is 0 Å². The summed E-state index contributed by atoms with van der Waals surface area (Å²) < 4.78 is 0.897. The van der Waals surface area contributed by atoms with Crippen LogP contribution in [0.3, 0.4) is 0 Å². The Morgan fingerprint density at radius 2 is 1.79 bits per heavy atom. The lowest BCUT2D eigenvalue weighted by Gasteiger charge is -2.33. The predicted molar refractivity (Wildman–Crippen MR) is 97.3 cm³/mol. The molecule has 0 spiro atoms. The fraction of sp³-hybridized carbons (Fsp3) is 0.529. The van der Waals surface area contributed by atoms with Gasteiger partial charge in [0.1, 0.15) is 0 Å². The summed E-state index contributed by atoms with van der Waals surface area (Å²) in [7, 11) is 0. The number of hydrogen-bond donors (Lipinski definition) is 1. The third-order valence-electron chi connectivity index (χ3n) is 4.83. The fourth-order valence-corrected chi connectivity index (χ4v) is 3.66. The number of nitrogens with one attached hydrogen (secondary N) is 1. The van der Waals surface area contributed by atoms with Gasteiger partial charge in [-0.15, -0.1) is 5.10 Å². The van der Waals surface area contributed by atoms with Gasteiger partial charge in [0.25, 0.3) is 0 Å². The van der Waals surface area contributed by atoms with Gasteiger partial charge in [-0.25, -0.2) is 9.97 Å². The lowest BCUT2D eigenvalue weighted by molar-refractivity contribution is 0.518. The van der Waals surface area contributed by atoms with Crippen molar-refractivity contribution in [3.63, 3.8) is 0 Å². The summed E-state index contributed by atoms with van der Waals surface area (Å²) in [5.41, 5.74) is 2.60. The van der Waals surface area contributed by atoms with Crippen LogP contribution in [0, 0.1) is 0 Å². The van der Waals surface area contributed by atoms with E-state index in [9.17, 15) is 0 Å². The summed E-state index contributed by atoms with van der Waals surface area (Å²) in [5.74, 6) is 1.74. The van der Waals surface area contributed by atoms with E-state index in [0.717, 1.165) is 49.1 Å². The molecule has 2 aromatic rings. The molecule has 24 heavy (non-hydrogen) atoms. The maximum atomic E-state index is 4.46. The maximum Gasteiger partial charge on any atom is 0.222 e. The SMILES string of the molecule is Brc1cnc(NC2CCN(c3cc4c(nn3)CCCC4)CC2)nc1. The maximum absolute atomic E-state index is 4.46. The average Bonchev–Trinajstić information content (AvgIpc) is 2.64. The number of rotatable bonds is 3. The van der Waals surface area contributed by atoms with E-state index in [1.165, 1.54) is 24.1 Å². The first kappa shape index (κ1) is 15.7. The molecular weight excluding hydrogens is 368 g/mol. The molecular formula is C17H21BrN6. The number of halogens is 1. The third kappa shape index (κ3) is 3.50. The molecule has 1 N–H and O–H groups in total. The highest BCUT2D eigenvalue weighted by Crippen LogP contribution is 2.24. The van der Waals surface area contributed by atoms with E-state index < -0.39 is 0 Å². The molecule has 0 amide bonds. The van der Waals surface area contributed by atoms with Crippen molar-refractivity contribution >= 4 is 27.7 Å². The van der Waals surface area contributed by atoms with Crippen molar-refractivity contribution in [1.29, 1.82) is 0 Å². The topological polar surface area (TPSA) is 66.8 Å². The number of aromatic nitrogens is 4. The highest BCUT2D eigenvalue weighted by atomic mass is 79.9. The van der Waals surface area contributed by atoms with Crippen molar-refractivity contribution in [3.05, 3.63) is 34.2 Å². The van der Waals surface area contributed by atoms with Crippen LogP contribution < -0.4 is 10.2 Å². The molecule has 1 saturated heterocycles. The number of hydrogen-bond acceptors (Lipinski definition) is 6. The van der Waals surface area contributed by atoms with E-state index in [0.29, 0.717) is 12.0 Å². The van der Waals surface area contributed by atoms with Crippen LogP contribution in [0.1, 0.15) is 36.9 Å². The van der Waals surface area contributed by atoms with Crippen molar-refractivity contribution < 1.29 is 0 Å². The van der Waals surface area contributed by atoms with Gasteiger partial charge >= 0.3 is 0 Å². The Bertz CT molecular complexity index is 697. The summed E-state index contributed by atoms with van der Waals surface area (Å²) >= 11 is 3.36. The Morgan fingerprint density at radius 1 is 1.04 bits per heavy atom. The minimum Gasteiger partial charge on any atom is -0.355 e. The Balaban J connectivity index is 1.36. The van der Waals surface area contributed by atoms with Crippen LogP contribution >= 0.6 is 15.9 Å². The summed E-state index contributed by atoms with van der Waals surface area (Å²) in [4.78, 5) is 10.9. The second kappa shape index (κ2) is 7.01. The van der Waals surface area contributed by atoms with Crippen molar-refractivity contribution in [2.45, 2.75) is 44.6 Å². The Morgan fingerprint density at radius 3 is 2.58 bits per heavy atom. The van der Waals surface area contributed by atoms with Crippen LogP contribution in [0.15, 0.2) is 22.9 Å². The second-order valence-corrected chi connectivity index (χ2v) is 7.43. The molecule has 0 aromatic carbocycles. The van der Waals surface area contributed by atoms with Crippen LogP contribution in [0.2, 0.25) is 0 Å². The molecule has 126 valence electrons. The molecule has 3 heterocycles. The van der Waals surface area contributed by atoms with Gasteiger partial charge in [-0.1, -0.05) is 0 Å². The van der Waals surface area contributed by atoms with Gasteiger partial charge in [0, 0.05) is 31.5 Å². The first-order valence-corrected chi connectivity index (χ1v) is 9.42. The summed E-state index contributed by atoms with van der Waals surface area (Å²) in [6.45, 7) is 1.98. The zero-order chi connectivity index (χ0) is 16.4. The molecule has 1 fully saturated rings. The molecule has 0 unspecified atom stereocenters. The molecule has 2 aliphatic rings. The normalized spacial score (nSPS) is 18.3. The van der Waals surface area contributed by atoms with Crippen molar-refractivity contribution in [1.82, 2.24) is 20.2 Å². The molecule has 0 atom stereocenters. The zero-order valence-corrected chi connectivity index (χ0v) is 15.2. The summed E-state index contributed by atoms with van der Waals surface area (Å²) in [6, 6.07) is 2.67. The monoisotopic (exact) mass is 388 g/mol. The van der Waals surface area contributed by atoms with E-state index in [-0.39, 0.29) is 0 Å². The van der Waals surface area contributed by atoms with Gasteiger partial charge in [-0.3, -0.25) is 0 Å². The van der Waals surface area contributed by atoms with Crippen LogP contribution in [-0.4, -0.2) is 39.3 Å². The largest absolute Gasteiger partial charge is 0.355 e. The minimum atomic E-state index is 0.410. The summed E-state index contributed by atoms with van der Waals surface area (Å²) in [6.07, 6.45) is 10.4. The third-order valence-corrected chi connectivity index (χ3v) is 5.24. The molecule has 1 aliphatic heterocycles. The first-order chi connectivity index (χ1) is 11.8. The van der Waals surface area contributed by atoms with E-state index in [1.807, 2.05) is 0 Å². The minimum absolute atomic E-state index is 0.410. The van der Waals surface area contributed by atoms with Gasteiger partial charge in [0.05, 0.1) is 10.2 Å². The fourth-order valence-electron chi connectivity index (χ4n) is 3.46. The molecule has 0 saturated carbocycles. The van der Waals surface area contributed by atoms with Gasteiger partial charge in [-0.2, -0.15) is 5.10 Å². The molecule has 1 aliphatic carbocycles. The number of fused-ring (bicyclic) bond motifs is 1. The van der Waals surface area contributed by atoms with Crippen molar-refractivity contribution in [2.75, 3.05) is 23.3 Å². The molecule has 2 aromatic heterocycles. The van der Waals surface area contributed by atoms with Crippen molar-refractivity contribution in [2.24, 2.45) is 0 Å². The van der Waals surface area contributed by atoms with Gasteiger partial charge < -0.3 is 10.2 Å². The second-order valence-electron chi connectivity index (χ2n) is 6.51.